The van der Waals surface area contributed by atoms with Gasteiger partial charge in [0.05, 0.1) is 17.7 Å². The molecule has 0 saturated carbocycles. The van der Waals surface area contributed by atoms with Gasteiger partial charge in [-0.15, -0.1) is 0 Å². The second-order valence-electron chi connectivity index (χ2n) is 8.85. The van der Waals surface area contributed by atoms with Crippen molar-refractivity contribution < 1.29 is 22.7 Å². The van der Waals surface area contributed by atoms with Crippen LogP contribution < -0.4 is 4.72 Å². The van der Waals surface area contributed by atoms with E-state index in [1.807, 2.05) is 0 Å². The second kappa shape index (κ2) is 13.6. The summed E-state index contributed by atoms with van der Waals surface area (Å²) in [4.78, 5) is 39.2. The Morgan fingerprint density at radius 1 is 1.07 bits per heavy atom. The lowest BCUT2D eigenvalue weighted by Gasteiger charge is -2.31. The monoisotopic (exact) mass is 605 g/mol. The van der Waals surface area contributed by atoms with Gasteiger partial charge in [0.25, 0.3) is 15.9 Å². The van der Waals surface area contributed by atoms with Gasteiger partial charge in [0.1, 0.15) is 11.9 Å². The number of sulfonamides is 1. The lowest BCUT2D eigenvalue weighted by atomic mass is 10.0. The molecule has 0 aliphatic heterocycles. The van der Waals surface area contributed by atoms with Gasteiger partial charge in [0.2, 0.25) is 0 Å². The fourth-order valence-corrected chi connectivity index (χ4v) is 5.26. The van der Waals surface area contributed by atoms with Crippen molar-refractivity contribution in [2.24, 2.45) is 5.11 Å². The van der Waals surface area contributed by atoms with Crippen LogP contribution in [0.1, 0.15) is 21.5 Å². The third kappa shape index (κ3) is 7.40. The Balaban J connectivity index is 1.71. The van der Waals surface area contributed by atoms with Crippen LogP contribution in [0, 0.1) is 0 Å². The van der Waals surface area contributed by atoms with Crippen LogP contribution in [0.5, 0.6) is 0 Å². The van der Waals surface area contributed by atoms with Gasteiger partial charge in [-0.1, -0.05) is 41.0 Å². The number of rotatable bonds is 11. The summed E-state index contributed by atoms with van der Waals surface area (Å²) in [6, 6.07) is 17.2. The maximum atomic E-state index is 14.0. The van der Waals surface area contributed by atoms with E-state index in [9.17, 15) is 18.0 Å². The standard InChI is InChI=1S/C28H24ClN7O5S/c1-41-28(38)25(15-20-5-4-13-31-17-20)36(27(37)23-12-9-21(29)16-24(23)33-35-30)18-19-7-10-22(11-8-19)42(39,40)34-26-6-2-3-14-32-26/h2-14,16-17,25H,15,18H2,1H3,(H,32,34)/t25-/m1/s1. The normalized spacial score (nSPS) is 11.6. The lowest BCUT2D eigenvalue weighted by molar-refractivity contribution is -0.146. The van der Waals surface area contributed by atoms with E-state index >= 15 is 0 Å². The van der Waals surface area contributed by atoms with E-state index in [0.717, 1.165) is 0 Å². The van der Waals surface area contributed by atoms with Crippen LogP contribution in [0.25, 0.3) is 10.4 Å². The molecule has 1 amide bonds. The Morgan fingerprint density at radius 2 is 1.86 bits per heavy atom. The molecule has 1 atom stereocenters. The molecule has 0 radical (unpaired) electrons. The van der Waals surface area contributed by atoms with Crippen LogP contribution in [0.3, 0.4) is 0 Å². The Kier molecular flexibility index (Phi) is 9.71. The average Bonchev–Trinajstić information content (AvgIpc) is 2.99. The fourth-order valence-electron chi connectivity index (χ4n) is 4.08. The molecule has 1 N–H and O–H groups in total. The summed E-state index contributed by atoms with van der Waals surface area (Å²) in [5, 5.41) is 3.85. The molecule has 2 aromatic heterocycles. The molecular formula is C28H24ClN7O5S. The number of hydrogen-bond donors (Lipinski definition) is 1. The van der Waals surface area contributed by atoms with Gasteiger partial charge in [-0.3, -0.25) is 14.5 Å². The quantitative estimate of drug-likeness (QED) is 0.105. The highest BCUT2D eigenvalue weighted by atomic mass is 35.5. The van der Waals surface area contributed by atoms with Crippen molar-refractivity contribution in [1.29, 1.82) is 0 Å². The van der Waals surface area contributed by atoms with Crippen LogP contribution in [0.4, 0.5) is 11.5 Å². The summed E-state index contributed by atoms with van der Waals surface area (Å²) >= 11 is 6.06. The molecule has 4 aromatic rings. The van der Waals surface area contributed by atoms with E-state index in [1.54, 1.807) is 36.7 Å². The van der Waals surface area contributed by atoms with E-state index < -0.39 is 27.9 Å². The van der Waals surface area contributed by atoms with Crippen molar-refractivity contribution in [1.82, 2.24) is 14.9 Å². The Labute approximate surface area is 246 Å². The Hall–Kier alpha value is -4.97. The number of hydrogen-bond acceptors (Lipinski definition) is 8. The number of halogens is 1. The molecule has 12 nitrogen and oxygen atoms in total. The fraction of sp³-hybridized carbons (Fsp3) is 0.143. The third-order valence-electron chi connectivity index (χ3n) is 6.10. The first kappa shape index (κ1) is 30.0. The SMILES string of the molecule is COC(=O)[C@@H](Cc1cccnc1)N(Cc1ccc(S(=O)(=O)Nc2ccccn2)cc1)C(=O)c1ccc(Cl)cc1N=[N+]=[N-]. The predicted octanol–water partition coefficient (Wildman–Crippen LogP) is 5.30. The molecule has 214 valence electrons. The van der Waals surface area contributed by atoms with Crippen molar-refractivity contribution in [3.05, 3.63) is 124 Å². The molecule has 0 aliphatic carbocycles. The number of nitrogens with one attached hydrogen (secondary N) is 1. The minimum atomic E-state index is -3.94. The van der Waals surface area contributed by atoms with Crippen LogP contribution in [-0.4, -0.2) is 48.3 Å². The number of anilines is 1. The number of nitrogens with zero attached hydrogens (tertiary/aromatic N) is 6. The number of methoxy groups -OCH3 is 1. The van der Waals surface area contributed by atoms with Crippen LogP contribution in [-0.2, 0) is 32.5 Å². The van der Waals surface area contributed by atoms with Gasteiger partial charge in [-0.2, -0.15) is 0 Å². The van der Waals surface area contributed by atoms with Gasteiger partial charge < -0.3 is 9.64 Å². The predicted molar refractivity (Wildman–Crippen MR) is 155 cm³/mol. The van der Waals surface area contributed by atoms with E-state index in [4.69, 9.17) is 21.9 Å². The summed E-state index contributed by atoms with van der Waals surface area (Å²) < 4.78 is 33.2. The van der Waals surface area contributed by atoms with E-state index in [1.165, 1.54) is 66.7 Å². The molecule has 0 aliphatic rings. The number of carbonyl (C=O) groups excluding carboxylic acids is 2. The van der Waals surface area contributed by atoms with E-state index in [2.05, 4.69) is 24.7 Å². The summed E-state index contributed by atoms with van der Waals surface area (Å²) in [6.45, 7) is -0.120. The number of amides is 1. The van der Waals surface area contributed by atoms with Crippen molar-refractivity contribution in [2.75, 3.05) is 11.8 Å². The zero-order valence-corrected chi connectivity index (χ0v) is 23.7. The summed E-state index contributed by atoms with van der Waals surface area (Å²) in [7, 11) is -2.73. The highest BCUT2D eigenvalue weighted by Crippen LogP contribution is 2.28. The summed E-state index contributed by atoms with van der Waals surface area (Å²) in [6.07, 6.45) is 4.68. The van der Waals surface area contributed by atoms with Crippen molar-refractivity contribution in [3.8, 4) is 0 Å². The lowest BCUT2D eigenvalue weighted by Crippen LogP contribution is -2.46. The number of aromatic nitrogens is 2. The molecule has 0 bridgehead atoms. The highest BCUT2D eigenvalue weighted by Gasteiger charge is 2.33. The smallest absolute Gasteiger partial charge is 0.328 e. The molecule has 2 aromatic carbocycles. The Morgan fingerprint density at radius 3 is 2.50 bits per heavy atom. The van der Waals surface area contributed by atoms with Crippen LogP contribution in [0.15, 0.2) is 101 Å². The number of esters is 1. The van der Waals surface area contributed by atoms with Crippen molar-refractivity contribution >= 4 is 45.0 Å². The van der Waals surface area contributed by atoms with E-state index in [0.29, 0.717) is 11.1 Å². The average molecular weight is 606 g/mol. The number of pyridine rings is 2. The summed E-state index contributed by atoms with van der Waals surface area (Å²) in [5.41, 5.74) is 10.2. The molecular weight excluding hydrogens is 582 g/mol. The molecule has 0 saturated heterocycles. The first-order valence-electron chi connectivity index (χ1n) is 12.4. The molecule has 0 spiro atoms. The largest absolute Gasteiger partial charge is 0.467 e. The van der Waals surface area contributed by atoms with Crippen molar-refractivity contribution in [2.45, 2.75) is 23.9 Å². The maximum Gasteiger partial charge on any atom is 0.328 e. The van der Waals surface area contributed by atoms with E-state index in [-0.39, 0.29) is 40.0 Å². The van der Waals surface area contributed by atoms with Crippen LogP contribution >= 0.6 is 11.6 Å². The van der Waals surface area contributed by atoms with Gasteiger partial charge >= 0.3 is 5.97 Å². The van der Waals surface area contributed by atoms with Gasteiger partial charge in [-0.05, 0) is 65.2 Å². The second-order valence-corrected chi connectivity index (χ2v) is 11.0. The highest BCUT2D eigenvalue weighted by molar-refractivity contribution is 7.92. The number of carbonyl (C=O) groups is 2. The summed E-state index contributed by atoms with van der Waals surface area (Å²) in [5.74, 6) is -1.17. The minimum Gasteiger partial charge on any atom is -0.467 e. The minimum absolute atomic E-state index is 0.0102. The molecule has 4 rings (SSSR count). The first-order valence-corrected chi connectivity index (χ1v) is 14.2. The van der Waals surface area contributed by atoms with Gasteiger partial charge in [0, 0.05) is 47.1 Å². The number of ether oxygens (including phenoxy) is 1. The molecule has 42 heavy (non-hydrogen) atoms. The molecule has 14 heteroatoms. The third-order valence-corrected chi connectivity index (χ3v) is 7.70. The number of azide groups is 1. The van der Waals surface area contributed by atoms with Crippen molar-refractivity contribution in [3.63, 3.8) is 0 Å². The topological polar surface area (TPSA) is 167 Å². The number of benzene rings is 2. The van der Waals surface area contributed by atoms with Gasteiger partial charge in [-0.25, -0.2) is 18.2 Å². The first-order chi connectivity index (χ1) is 20.2. The zero-order chi connectivity index (χ0) is 30.1. The van der Waals surface area contributed by atoms with Gasteiger partial charge in [0.15, 0.2) is 0 Å². The zero-order valence-electron chi connectivity index (χ0n) is 22.2. The Bertz CT molecular complexity index is 1720. The maximum absolute atomic E-state index is 14.0. The molecule has 2 heterocycles. The van der Waals surface area contributed by atoms with Crippen LogP contribution in [0.2, 0.25) is 5.02 Å². The molecule has 0 fully saturated rings. The molecule has 0 unspecified atom stereocenters.